The molecule has 0 amide bonds. The molecule has 2 aliphatic heterocycles. The maximum absolute atomic E-state index is 6.59. The molecule has 2 fully saturated rings. The Morgan fingerprint density at radius 2 is 1.77 bits per heavy atom. The molecule has 0 spiro atoms. The zero-order valence-electron chi connectivity index (χ0n) is 20.2. The summed E-state index contributed by atoms with van der Waals surface area (Å²) in [5.74, 6) is 2.26. The zero-order chi connectivity index (χ0) is 23.9. The standard InChI is InChI=1S/C26H29N7O2/c1-16-6-23(24(12-27-16)35-22-9-20-13-34-14-21(10-22)32(20)3)18-4-5-33-19(8-18)11-26(31-33)30-25-7-17(2)28-15-29-25/h4-8,11-12,15,20-22H,9-10,13-14H2,1-3H3,(H,28,29,30,31)/t20-,21+,22-. The Labute approximate surface area is 204 Å². The van der Waals surface area contributed by atoms with E-state index in [1.165, 1.54) is 0 Å². The maximum atomic E-state index is 6.59. The van der Waals surface area contributed by atoms with Crippen LogP contribution in [0, 0.1) is 13.8 Å². The van der Waals surface area contributed by atoms with E-state index >= 15 is 0 Å². The van der Waals surface area contributed by atoms with E-state index in [9.17, 15) is 0 Å². The molecule has 180 valence electrons. The van der Waals surface area contributed by atoms with Crippen molar-refractivity contribution < 1.29 is 9.47 Å². The predicted molar refractivity (Wildman–Crippen MR) is 133 cm³/mol. The van der Waals surface area contributed by atoms with Crippen LogP contribution in [0.25, 0.3) is 16.6 Å². The smallest absolute Gasteiger partial charge is 0.154 e. The highest BCUT2D eigenvalue weighted by molar-refractivity contribution is 5.75. The molecule has 6 rings (SSSR count). The molecule has 35 heavy (non-hydrogen) atoms. The number of hydrogen-bond acceptors (Lipinski definition) is 8. The van der Waals surface area contributed by atoms with Crippen LogP contribution in [-0.4, -0.2) is 67.9 Å². The van der Waals surface area contributed by atoms with Gasteiger partial charge in [-0.05, 0) is 44.7 Å². The van der Waals surface area contributed by atoms with Crippen LogP contribution in [0.4, 0.5) is 11.6 Å². The van der Waals surface area contributed by atoms with Gasteiger partial charge in [-0.3, -0.25) is 9.88 Å². The average molecular weight is 472 g/mol. The van der Waals surface area contributed by atoms with Gasteiger partial charge < -0.3 is 14.8 Å². The highest BCUT2D eigenvalue weighted by Gasteiger charge is 2.38. The summed E-state index contributed by atoms with van der Waals surface area (Å²) in [6.07, 6.45) is 7.44. The van der Waals surface area contributed by atoms with Crippen LogP contribution in [0.15, 0.2) is 49.1 Å². The first-order valence-electron chi connectivity index (χ1n) is 12.0. The highest BCUT2D eigenvalue weighted by atomic mass is 16.5. The summed E-state index contributed by atoms with van der Waals surface area (Å²) in [5.41, 5.74) is 4.94. The second-order valence-electron chi connectivity index (χ2n) is 9.53. The first-order valence-corrected chi connectivity index (χ1v) is 12.0. The predicted octanol–water partition coefficient (Wildman–Crippen LogP) is 3.79. The quantitative estimate of drug-likeness (QED) is 0.470. The summed E-state index contributed by atoms with van der Waals surface area (Å²) in [7, 11) is 2.20. The number of morpholine rings is 1. The summed E-state index contributed by atoms with van der Waals surface area (Å²) < 4.78 is 14.2. The van der Waals surface area contributed by atoms with Gasteiger partial charge in [0.25, 0.3) is 0 Å². The van der Waals surface area contributed by atoms with Crippen molar-refractivity contribution in [1.82, 2.24) is 29.5 Å². The second-order valence-corrected chi connectivity index (χ2v) is 9.53. The van der Waals surface area contributed by atoms with Crippen molar-refractivity contribution in [3.8, 4) is 16.9 Å². The van der Waals surface area contributed by atoms with Crippen molar-refractivity contribution in [2.45, 2.75) is 44.9 Å². The Hall–Kier alpha value is -3.56. The Kier molecular flexibility index (Phi) is 5.58. The van der Waals surface area contributed by atoms with Crippen molar-refractivity contribution in [1.29, 1.82) is 0 Å². The first kappa shape index (κ1) is 21.9. The summed E-state index contributed by atoms with van der Waals surface area (Å²) in [4.78, 5) is 15.4. The number of ether oxygens (including phenoxy) is 2. The Bertz CT molecular complexity index is 1360. The van der Waals surface area contributed by atoms with Crippen LogP contribution >= 0.6 is 0 Å². The summed E-state index contributed by atoms with van der Waals surface area (Å²) >= 11 is 0. The molecule has 6 heterocycles. The Balaban J connectivity index is 1.28. The average Bonchev–Trinajstić information content (AvgIpc) is 3.22. The van der Waals surface area contributed by atoms with Gasteiger partial charge in [0.15, 0.2) is 5.82 Å². The topological polar surface area (TPSA) is 89.7 Å². The highest BCUT2D eigenvalue weighted by Crippen LogP contribution is 2.35. The van der Waals surface area contributed by atoms with Crippen LogP contribution in [0.5, 0.6) is 5.75 Å². The van der Waals surface area contributed by atoms with Gasteiger partial charge in [0.2, 0.25) is 0 Å². The molecule has 9 nitrogen and oxygen atoms in total. The van der Waals surface area contributed by atoms with Crippen LogP contribution in [-0.2, 0) is 4.74 Å². The lowest BCUT2D eigenvalue weighted by atomic mass is 9.92. The molecule has 0 aliphatic carbocycles. The Morgan fingerprint density at radius 1 is 0.971 bits per heavy atom. The molecule has 2 saturated heterocycles. The van der Waals surface area contributed by atoms with Crippen molar-refractivity contribution in [2.75, 3.05) is 25.6 Å². The lowest BCUT2D eigenvalue weighted by molar-refractivity contribution is -0.0879. The molecule has 9 heteroatoms. The molecule has 2 bridgehead atoms. The summed E-state index contributed by atoms with van der Waals surface area (Å²) in [6.45, 7) is 5.49. The van der Waals surface area contributed by atoms with Crippen molar-refractivity contribution in [3.63, 3.8) is 0 Å². The summed E-state index contributed by atoms with van der Waals surface area (Å²) in [6, 6.07) is 11.0. The van der Waals surface area contributed by atoms with E-state index in [4.69, 9.17) is 9.47 Å². The minimum absolute atomic E-state index is 0.152. The second kappa shape index (κ2) is 8.90. The lowest BCUT2D eigenvalue weighted by Gasteiger charge is -2.46. The number of anilines is 2. The van der Waals surface area contributed by atoms with Crippen LogP contribution in [0.1, 0.15) is 24.2 Å². The first-order chi connectivity index (χ1) is 17.0. The van der Waals surface area contributed by atoms with Gasteiger partial charge in [-0.2, -0.15) is 5.10 Å². The van der Waals surface area contributed by atoms with E-state index in [0.717, 1.165) is 71.5 Å². The fraction of sp³-hybridized carbons (Fsp3) is 0.385. The van der Waals surface area contributed by atoms with Gasteiger partial charge in [0.1, 0.15) is 24.0 Å². The third kappa shape index (κ3) is 4.44. The van der Waals surface area contributed by atoms with E-state index in [-0.39, 0.29) is 6.10 Å². The SMILES string of the molecule is Cc1cc(Nc2cc3cc(-c4cc(C)ncc4O[C@H]4C[C@H]5COC[C@@H](C4)N5C)ccn3n2)ncn1. The van der Waals surface area contributed by atoms with E-state index in [1.54, 1.807) is 6.33 Å². The van der Waals surface area contributed by atoms with Crippen LogP contribution in [0.2, 0.25) is 0 Å². The van der Waals surface area contributed by atoms with Crippen LogP contribution in [0.3, 0.4) is 0 Å². The molecule has 4 aromatic rings. The number of pyridine rings is 2. The van der Waals surface area contributed by atoms with E-state index < -0.39 is 0 Å². The molecule has 0 unspecified atom stereocenters. The van der Waals surface area contributed by atoms with E-state index in [1.807, 2.05) is 42.9 Å². The van der Waals surface area contributed by atoms with Crippen LogP contribution < -0.4 is 10.1 Å². The maximum Gasteiger partial charge on any atom is 0.154 e. The monoisotopic (exact) mass is 471 g/mol. The molecule has 0 aromatic carbocycles. The number of piperidine rings is 1. The fourth-order valence-electron chi connectivity index (χ4n) is 5.06. The number of hydrogen-bond donors (Lipinski definition) is 1. The largest absolute Gasteiger partial charge is 0.488 e. The molecule has 0 radical (unpaired) electrons. The van der Waals surface area contributed by atoms with Gasteiger partial charge in [0.05, 0.1) is 24.9 Å². The number of fused-ring (bicyclic) bond motifs is 3. The van der Waals surface area contributed by atoms with Crippen molar-refractivity contribution >= 4 is 17.2 Å². The Morgan fingerprint density at radius 3 is 2.57 bits per heavy atom. The van der Waals surface area contributed by atoms with Crippen molar-refractivity contribution in [3.05, 3.63) is 60.4 Å². The third-order valence-electron chi connectivity index (χ3n) is 6.97. The van der Waals surface area contributed by atoms with Crippen molar-refractivity contribution in [2.24, 2.45) is 0 Å². The number of nitrogens with one attached hydrogen (secondary N) is 1. The van der Waals surface area contributed by atoms with E-state index in [2.05, 4.69) is 55.5 Å². The minimum Gasteiger partial charge on any atom is -0.488 e. The molecule has 0 saturated carbocycles. The van der Waals surface area contributed by atoms with Gasteiger partial charge in [-0.25, -0.2) is 14.5 Å². The number of aromatic nitrogens is 5. The fourth-order valence-corrected chi connectivity index (χ4v) is 5.06. The van der Waals surface area contributed by atoms with E-state index in [0.29, 0.717) is 12.1 Å². The van der Waals surface area contributed by atoms with Gasteiger partial charge >= 0.3 is 0 Å². The lowest BCUT2D eigenvalue weighted by Crippen LogP contribution is -2.57. The molecule has 4 aromatic heterocycles. The number of nitrogens with zero attached hydrogens (tertiary/aromatic N) is 6. The number of rotatable bonds is 5. The number of likely N-dealkylation sites (N-methyl/N-ethyl adjacent to an activating group) is 1. The van der Waals surface area contributed by atoms with Gasteiger partial charge in [0, 0.05) is 60.2 Å². The van der Waals surface area contributed by atoms with Gasteiger partial charge in [-0.1, -0.05) is 0 Å². The molecular formula is C26H29N7O2. The van der Waals surface area contributed by atoms with Gasteiger partial charge in [-0.15, -0.1) is 0 Å². The molecule has 3 atom stereocenters. The third-order valence-corrected chi connectivity index (χ3v) is 6.97. The molecule has 2 aliphatic rings. The minimum atomic E-state index is 0.152. The summed E-state index contributed by atoms with van der Waals surface area (Å²) in [5, 5.41) is 7.89. The molecule has 1 N–H and O–H groups in total. The normalized spacial score (nSPS) is 22.3. The number of aryl methyl sites for hydroxylation is 2. The zero-order valence-corrected chi connectivity index (χ0v) is 20.2. The molecular weight excluding hydrogens is 442 g/mol.